The highest BCUT2D eigenvalue weighted by molar-refractivity contribution is 7.14. The van der Waals surface area contributed by atoms with Gasteiger partial charge in [0.25, 0.3) is 5.78 Å². The molecule has 1 aromatic heterocycles. The summed E-state index contributed by atoms with van der Waals surface area (Å²) >= 11 is 7.26. The number of fused-ring (bicyclic) bond motifs is 1. The number of carbonyl (C=O) groups excluding carboxylic acids is 2. The van der Waals surface area contributed by atoms with Crippen molar-refractivity contribution in [1.29, 1.82) is 0 Å². The standard InChI is InChI=1S/C22H15ClN2O5S/c23-14-4-1-12(2-5-14)18-17(20(27)21(28)25(18)22-24-7-10-31-22)19(26)13-3-6-15-16(11-13)30-9-8-29-15/h1-7,10-11,18,26H,8-9H2/b19-17-. The molecule has 0 radical (unpaired) electrons. The van der Waals surface area contributed by atoms with Gasteiger partial charge in [-0.05, 0) is 35.9 Å². The van der Waals surface area contributed by atoms with E-state index in [4.69, 9.17) is 21.1 Å². The van der Waals surface area contributed by atoms with E-state index in [0.717, 1.165) is 0 Å². The number of ether oxygens (including phenoxy) is 2. The van der Waals surface area contributed by atoms with Crippen molar-refractivity contribution in [2.45, 2.75) is 6.04 Å². The van der Waals surface area contributed by atoms with Crippen LogP contribution in [0.3, 0.4) is 0 Å². The fraction of sp³-hybridized carbons (Fsp3) is 0.136. The van der Waals surface area contributed by atoms with Crippen LogP contribution in [0.15, 0.2) is 59.6 Å². The number of carbonyl (C=O) groups is 2. The molecule has 1 saturated heterocycles. The van der Waals surface area contributed by atoms with E-state index < -0.39 is 17.7 Å². The quantitative estimate of drug-likeness (QED) is 0.362. The van der Waals surface area contributed by atoms with Crippen molar-refractivity contribution in [3.05, 3.63) is 75.8 Å². The Labute approximate surface area is 186 Å². The van der Waals surface area contributed by atoms with Gasteiger partial charge in [0.05, 0.1) is 11.6 Å². The second-order valence-electron chi connectivity index (χ2n) is 6.89. The van der Waals surface area contributed by atoms with Crippen LogP contribution >= 0.6 is 22.9 Å². The second-order valence-corrected chi connectivity index (χ2v) is 8.20. The van der Waals surface area contributed by atoms with Gasteiger partial charge in [0.1, 0.15) is 19.0 Å². The number of Topliss-reactive ketones (excluding diaryl/α,β-unsaturated/α-hetero) is 1. The Kier molecular flexibility index (Phi) is 4.88. The maximum Gasteiger partial charge on any atom is 0.301 e. The number of hydrogen-bond acceptors (Lipinski definition) is 7. The first-order chi connectivity index (χ1) is 15.0. The van der Waals surface area contributed by atoms with Crippen molar-refractivity contribution < 1.29 is 24.2 Å². The van der Waals surface area contributed by atoms with Gasteiger partial charge in [0, 0.05) is 22.2 Å². The highest BCUT2D eigenvalue weighted by Gasteiger charge is 2.48. The van der Waals surface area contributed by atoms with Crippen LogP contribution in [0.1, 0.15) is 17.2 Å². The minimum absolute atomic E-state index is 0.0285. The van der Waals surface area contributed by atoms with E-state index in [0.29, 0.717) is 46.0 Å². The predicted molar refractivity (Wildman–Crippen MR) is 116 cm³/mol. The maximum absolute atomic E-state index is 13.1. The minimum Gasteiger partial charge on any atom is -0.507 e. The van der Waals surface area contributed by atoms with Crippen molar-refractivity contribution >= 4 is 45.5 Å². The molecule has 3 aromatic rings. The monoisotopic (exact) mass is 454 g/mol. The Morgan fingerprint density at radius 2 is 1.84 bits per heavy atom. The van der Waals surface area contributed by atoms with Crippen LogP contribution in [-0.4, -0.2) is 35.0 Å². The molecule has 0 spiro atoms. The fourth-order valence-electron chi connectivity index (χ4n) is 3.67. The van der Waals surface area contributed by atoms with Gasteiger partial charge in [-0.15, -0.1) is 11.3 Å². The molecule has 31 heavy (non-hydrogen) atoms. The highest BCUT2D eigenvalue weighted by atomic mass is 35.5. The van der Waals surface area contributed by atoms with Crippen molar-refractivity contribution in [3.8, 4) is 11.5 Å². The normalized spacial score (nSPS) is 19.6. The summed E-state index contributed by atoms with van der Waals surface area (Å²) in [6.45, 7) is 0.824. The molecule has 1 unspecified atom stereocenters. The first-order valence-electron chi connectivity index (χ1n) is 9.40. The molecule has 0 bridgehead atoms. The zero-order chi connectivity index (χ0) is 21.5. The first kappa shape index (κ1) is 19.6. The Balaban J connectivity index is 1.68. The molecule has 9 heteroatoms. The molecule has 2 aliphatic rings. The number of aliphatic hydroxyl groups is 1. The summed E-state index contributed by atoms with van der Waals surface area (Å²) in [6, 6.07) is 10.8. The second kappa shape index (κ2) is 7.72. The number of thiazole rings is 1. The van der Waals surface area contributed by atoms with E-state index in [1.807, 2.05) is 0 Å². The molecule has 2 aromatic carbocycles. The van der Waals surface area contributed by atoms with E-state index in [-0.39, 0.29) is 11.3 Å². The van der Waals surface area contributed by atoms with Gasteiger partial charge in [0.2, 0.25) is 0 Å². The van der Waals surface area contributed by atoms with Crippen LogP contribution in [0, 0.1) is 0 Å². The number of benzene rings is 2. The average molecular weight is 455 g/mol. The topological polar surface area (TPSA) is 89.0 Å². The van der Waals surface area contributed by atoms with Gasteiger partial charge < -0.3 is 14.6 Å². The summed E-state index contributed by atoms with van der Waals surface area (Å²) in [5.74, 6) is -0.821. The maximum atomic E-state index is 13.1. The summed E-state index contributed by atoms with van der Waals surface area (Å²) in [6.07, 6.45) is 1.55. The third kappa shape index (κ3) is 3.34. The molecule has 0 aliphatic carbocycles. The van der Waals surface area contributed by atoms with Crippen molar-refractivity contribution in [2.75, 3.05) is 18.1 Å². The molecule has 1 fully saturated rings. The summed E-state index contributed by atoms with van der Waals surface area (Å²) in [5, 5.41) is 13.7. The Morgan fingerprint density at radius 3 is 2.55 bits per heavy atom. The number of aliphatic hydroxyl groups excluding tert-OH is 1. The highest BCUT2D eigenvalue weighted by Crippen LogP contribution is 2.43. The lowest BCUT2D eigenvalue weighted by Crippen LogP contribution is -2.29. The number of ketones is 1. The SMILES string of the molecule is O=C1C(=O)N(c2nccs2)C(c2ccc(Cl)cc2)/C1=C(/O)c1ccc2c(c1)OCCO2. The van der Waals surface area contributed by atoms with Crippen LogP contribution in [-0.2, 0) is 9.59 Å². The lowest BCUT2D eigenvalue weighted by molar-refractivity contribution is -0.132. The Morgan fingerprint density at radius 1 is 1.10 bits per heavy atom. The molecule has 1 atom stereocenters. The first-order valence-corrected chi connectivity index (χ1v) is 10.7. The molecule has 156 valence electrons. The van der Waals surface area contributed by atoms with Crippen molar-refractivity contribution in [3.63, 3.8) is 0 Å². The van der Waals surface area contributed by atoms with E-state index in [2.05, 4.69) is 4.98 Å². The molecule has 1 amide bonds. The van der Waals surface area contributed by atoms with Crippen molar-refractivity contribution in [1.82, 2.24) is 4.98 Å². The third-order valence-electron chi connectivity index (χ3n) is 5.07. The summed E-state index contributed by atoms with van der Waals surface area (Å²) in [7, 11) is 0. The minimum atomic E-state index is -0.850. The Hall–Kier alpha value is -3.36. The van der Waals surface area contributed by atoms with Crippen LogP contribution in [0.5, 0.6) is 11.5 Å². The molecular formula is C22H15ClN2O5S. The molecule has 2 aliphatic heterocycles. The van der Waals surface area contributed by atoms with E-state index >= 15 is 0 Å². The molecule has 7 nitrogen and oxygen atoms in total. The third-order valence-corrected chi connectivity index (χ3v) is 6.09. The van der Waals surface area contributed by atoms with Gasteiger partial charge in [-0.3, -0.25) is 14.5 Å². The van der Waals surface area contributed by atoms with Gasteiger partial charge in [0.15, 0.2) is 16.6 Å². The fourth-order valence-corrected chi connectivity index (χ4v) is 4.46. The van der Waals surface area contributed by atoms with Gasteiger partial charge in [-0.2, -0.15) is 0 Å². The van der Waals surface area contributed by atoms with Gasteiger partial charge in [-0.25, -0.2) is 4.98 Å². The predicted octanol–water partition coefficient (Wildman–Crippen LogP) is 4.19. The zero-order valence-corrected chi connectivity index (χ0v) is 17.5. The van der Waals surface area contributed by atoms with E-state index in [1.54, 1.807) is 54.0 Å². The number of halogens is 1. The lowest BCUT2D eigenvalue weighted by Gasteiger charge is -2.23. The van der Waals surface area contributed by atoms with Crippen LogP contribution in [0.2, 0.25) is 5.02 Å². The molecule has 3 heterocycles. The van der Waals surface area contributed by atoms with Crippen LogP contribution in [0.4, 0.5) is 5.13 Å². The van der Waals surface area contributed by atoms with Crippen LogP contribution in [0.25, 0.3) is 5.76 Å². The zero-order valence-electron chi connectivity index (χ0n) is 15.9. The average Bonchev–Trinajstić information content (AvgIpc) is 3.40. The largest absolute Gasteiger partial charge is 0.507 e. The van der Waals surface area contributed by atoms with Gasteiger partial charge >= 0.3 is 5.91 Å². The van der Waals surface area contributed by atoms with Gasteiger partial charge in [-0.1, -0.05) is 23.7 Å². The number of anilines is 1. The van der Waals surface area contributed by atoms with E-state index in [9.17, 15) is 14.7 Å². The lowest BCUT2D eigenvalue weighted by atomic mass is 9.95. The summed E-state index contributed by atoms with van der Waals surface area (Å²) in [5.41, 5.74) is 0.942. The molecule has 5 rings (SSSR count). The number of rotatable bonds is 3. The van der Waals surface area contributed by atoms with E-state index in [1.165, 1.54) is 16.2 Å². The summed E-state index contributed by atoms with van der Waals surface area (Å²) in [4.78, 5) is 31.5. The molecule has 1 N–H and O–H groups in total. The molecule has 0 saturated carbocycles. The smallest absolute Gasteiger partial charge is 0.301 e. The number of hydrogen-bond donors (Lipinski definition) is 1. The Bertz CT molecular complexity index is 1210. The van der Waals surface area contributed by atoms with Crippen LogP contribution < -0.4 is 14.4 Å². The number of nitrogens with zero attached hydrogens (tertiary/aromatic N) is 2. The molecular weight excluding hydrogens is 440 g/mol. The summed E-state index contributed by atoms with van der Waals surface area (Å²) < 4.78 is 11.1. The van der Waals surface area contributed by atoms with Crippen molar-refractivity contribution in [2.24, 2.45) is 0 Å². The number of aromatic nitrogens is 1. The number of amides is 1.